The second-order valence-corrected chi connectivity index (χ2v) is 5.67. The van der Waals surface area contributed by atoms with E-state index in [-0.39, 0.29) is 25.6 Å². The van der Waals surface area contributed by atoms with Crippen molar-refractivity contribution in [1.29, 1.82) is 0 Å². The third kappa shape index (κ3) is 4.87. The van der Waals surface area contributed by atoms with Gasteiger partial charge in [-0.2, -0.15) is 0 Å². The van der Waals surface area contributed by atoms with E-state index in [4.69, 9.17) is 18.5 Å². The summed E-state index contributed by atoms with van der Waals surface area (Å²) in [5.74, 6) is -0.388. The fraction of sp³-hybridized carbons (Fsp3) is 0.538. The smallest absolute Gasteiger partial charge is 0.421 e. The summed E-state index contributed by atoms with van der Waals surface area (Å²) in [6, 6.07) is 4.20. The standard InChI is InChI=1S/C13H20FO5P/c1-4-16-13(17-5-2)20(15,18-6-3)19-12-9-7-8-11(14)10-12/h7-10,13H,4-6H2,1-3H3. The van der Waals surface area contributed by atoms with Gasteiger partial charge in [0.05, 0.1) is 6.61 Å². The van der Waals surface area contributed by atoms with Crippen LogP contribution in [0.25, 0.3) is 0 Å². The van der Waals surface area contributed by atoms with Gasteiger partial charge in [-0.3, -0.25) is 4.52 Å². The molecular formula is C13H20FO5P. The molecule has 1 atom stereocenters. The molecule has 1 aromatic carbocycles. The van der Waals surface area contributed by atoms with Crippen molar-refractivity contribution in [2.45, 2.75) is 26.8 Å². The van der Waals surface area contributed by atoms with Crippen LogP contribution in [0.5, 0.6) is 5.75 Å². The van der Waals surface area contributed by atoms with E-state index in [1.165, 1.54) is 18.2 Å². The quantitative estimate of drug-likeness (QED) is 0.513. The first-order chi connectivity index (χ1) is 9.55. The van der Waals surface area contributed by atoms with E-state index in [0.29, 0.717) is 0 Å². The second-order valence-electron chi connectivity index (χ2n) is 3.72. The summed E-state index contributed by atoms with van der Waals surface area (Å²) in [5, 5.41) is 0. The van der Waals surface area contributed by atoms with E-state index in [1.54, 1.807) is 20.8 Å². The first-order valence-corrected chi connectivity index (χ1v) is 8.09. The molecule has 0 aliphatic carbocycles. The van der Waals surface area contributed by atoms with Crippen molar-refractivity contribution in [1.82, 2.24) is 0 Å². The van der Waals surface area contributed by atoms with Crippen LogP contribution in [0.15, 0.2) is 24.3 Å². The topological polar surface area (TPSA) is 54.0 Å². The molecule has 1 unspecified atom stereocenters. The van der Waals surface area contributed by atoms with Crippen LogP contribution < -0.4 is 4.52 Å². The minimum atomic E-state index is -3.72. The summed E-state index contributed by atoms with van der Waals surface area (Å²) in [6.07, 6.45) is 0. The van der Waals surface area contributed by atoms with Crippen LogP contribution in [-0.2, 0) is 18.6 Å². The average Bonchev–Trinajstić information content (AvgIpc) is 2.38. The van der Waals surface area contributed by atoms with Gasteiger partial charge in [-0.25, -0.2) is 8.96 Å². The summed E-state index contributed by atoms with van der Waals surface area (Å²) >= 11 is 0. The van der Waals surface area contributed by atoms with Crippen molar-refractivity contribution in [2.24, 2.45) is 0 Å². The molecule has 1 aromatic rings. The van der Waals surface area contributed by atoms with Crippen LogP contribution in [0.1, 0.15) is 20.8 Å². The molecule has 0 bridgehead atoms. The molecule has 7 heteroatoms. The molecule has 0 fully saturated rings. The minimum absolute atomic E-state index is 0.103. The second kappa shape index (κ2) is 8.37. The van der Waals surface area contributed by atoms with Gasteiger partial charge in [-0.05, 0) is 32.9 Å². The largest absolute Gasteiger partial charge is 0.435 e. The van der Waals surface area contributed by atoms with Crippen LogP contribution in [-0.4, -0.2) is 25.9 Å². The molecule has 20 heavy (non-hydrogen) atoms. The summed E-state index contributed by atoms with van der Waals surface area (Å²) < 4.78 is 47.0. The van der Waals surface area contributed by atoms with Crippen molar-refractivity contribution in [3.05, 3.63) is 30.1 Å². The van der Waals surface area contributed by atoms with E-state index in [0.717, 1.165) is 6.07 Å². The number of ether oxygens (including phenoxy) is 2. The van der Waals surface area contributed by atoms with Gasteiger partial charge in [0.2, 0.25) is 0 Å². The molecule has 114 valence electrons. The SMILES string of the molecule is CCOC(OCC)P(=O)(OCC)Oc1cccc(F)c1. The van der Waals surface area contributed by atoms with Crippen molar-refractivity contribution in [2.75, 3.05) is 19.8 Å². The highest BCUT2D eigenvalue weighted by atomic mass is 31.2. The Hall–Kier alpha value is -0.940. The third-order valence-corrected chi connectivity index (χ3v) is 4.11. The van der Waals surface area contributed by atoms with Crippen LogP contribution in [0, 0.1) is 5.82 Å². The summed E-state index contributed by atoms with van der Waals surface area (Å²) in [7, 11) is -3.72. The lowest BCUT2D eigenvalue weighted by Crippen LogP contribution is -2.22. The van der Waals surface area contributed by atoms with Crippen LogP contribution >= 0.6 is 7.60 Å². The zero-order valence-electron chi connectivity index (χ0n) is 11.9. The zero-order valence-corrected chi connectivity index (χ0v) is 12.8. The molecule has 0 aliphatic rings. The Morgan fingerprint density at radius 3 is 2.30 bits per heavy atom. The monoisotopic (exact) mass is 306 g/mol. The molecule has 1 rings (SSSR count). The van der Waals surface area contributed by atoms with Gasteiger partial charge in [0.1, 0.15) is 11.6 Å². The first-order valence-electron chi connectivity index (χ1n) is 6.48. The van der Waals surface area contributed by atoms with Crippen LogP contribution in [0.4, 0.5) is 4.39 Å². The molecule has 5 nitrogen and oxygen atoms in total. The molecule has 0 N–H and O–H groups in total. The van der Waals surface area contributed by atoms with E-state index >= 15 is 0 Å². The van der Waals surface area contributed by atoms with Crippen LogP contribution in [0.2, 0.25) is 0 Å². The molecule has 0 heterocycles. The number of halogens is 1. The molecule has 0 spiro atoms. The Labute approximate surface area is 118 Å². The highest BCUT2D eigenvalue weighted by Gasteiger charge is 2.39. The summed E-state index contributed by atoms with van der Waals surface area (Å²) in [6.45, 7) is 5.89. The van der Waals surface area contributed by atoms with E-state index < -0.39 is 19.4 Å². The number of rotatable bonds is 9. The fourth-order valence-electron chi connectivity index (χ4n) is 1.50. The number of hydrogen-bond acceptors (Lipinski definition) is 5. The molecule has 0 saturated heterocycles. The lowest BCUT2D eigenvalue weighted by atomic mass is 10.3. The molecule has 0 aliphatic heterocycles. The van der Waals surface area contributed by atoms with Crippen molar-refractivity contribution in [3.63, 3.8) is 0 Å². The van der Waals surface area contributed by atoms with Crippen LogP contribution in [0.3, 0.4) is 0 Å². The maximum atomic E-state index is 13.2. The lowest BCUT2D eigenvalue weighted by Gasteiger charge is -2.26. The highest BCUT2D eigenvalue weighted by Crippen LogP contribution is 2.53. The molecule has 0 aromatic heterocycles. The zero-order chi connectivity index (χ0) is 15.0. The maximum absolute atomic E-state index is 13.2. The van der Waals surface area contributed by atoms with Gasteiger partial charge < -0.3 is 14.0 Å². The molecule has 0 saturated carbocycles. The van der Waals surface area contributed by atoms with E-state index in [2.05, 4.69) is 0 Å². The normalized spacial score (nSPS) is 14.2. The van der Waals surface area contributed by atoms with E-state index in [1.807, 2.05) is 0 Å². The van der Waals surface area contributed by atoms with Gasteiger partial charge in [-0.15, -0.1) is 0 Å². The van der Waals surface area contributed by atoms with Crippen molar-refractivity contribution < 1.29 is 27.5 Å². The predicted octanol–water partition coefficient (Wildman–Crippen LogP) is 3.79. The Morgan fingerprint density at radius 1 is 1.15 bits per heavy atom. The maximum Gasteiger partial charge on any atom is 0.435 e. The van der Waals surface area contributed by atoms with Gasteiger partial charge in [0.15, 0.2) is 0 Å². The Balaban J connectivity index is 2.96. The molecule has 0 radical (unpaired) electrons. The fourth-order valence-corrected chi connectivity index (χ4v) is 3.19. The Morgan fingerprint density at radius 2 is 1.80 bits per heavy atom. The first kappa shape index (κ1) is 17.1. The lowest BCUT2D eigenvalue weighted by molar-refractivity contribution is -0.0948. The highest BCUT2D eigenvalue weighted by molar-refractivity contribution is 7.54. The van der Waals surface area contributed by atoms with Gasteiger partial charge >= 0.3 is 7.60 Å². The van der Waals surface area contributed by atoms with Crippen molar-refractivity contribution >= 4 is 7.60 Å². The predicted molar refractivity (Wildman–Crippen MR) is 73.3 cm³/mol. The number of hydrogen-bond donors (Lipinski definition) is 0. The average molecular weight is 306 g/mol. The van der Waals surface area contributed by atoms with Gasteiger partial charge in [0, 0.05) is 19.3 Å². The Bertz CT molecular complexity index is 448. The van der Waals surface area contributed by atoms with E-state index in [9.17, 15) is 8.96 Å². The third-order valence-electron chi connectivity index (χ3n) is 2.21. The summed E-state index contributed by atoms with van der Waals surface area (Å²) in [5.41, 5.74) is 0. The van der Waals surface area contributed by atoms with Gasteiger partial charge in [-0.1, -0.05) is 6.07 Å². The molecule has 0 amide bonds. The molecular weight excluding hydrogens is 286 g/mol. The Kier molecular flexibility index (Phi) is 7.16. The number of benzene rings is 1. The minimum Gasteiger partial charge on any atom is -0.421 e. The van der Waals surface area contributed by atoms with Gasteiger partial charge in [0.25, 0.3) is 6.03 Å². The summed E-state index contributed by atoms with van der Waals surface area (Å²) in [4.78, 5) is 0. The van der Waals surface area contributed by atoms with Crippen molar-refractivity contribution in [3.8, 4) is 5.75 Å².